The van der Waals surface area contributed by atoms with E-state index in [2.05, 4.69) is 4.98 Å². The van der Waals surface area contributed by atoms with Crippen molar-refractivity contribution in [3.05, 3.63) is 42.1 Å². The van der Waals surface area contributed by atoms with Crippen molar-refractivity contribution < 1.29 is 9.53 Å². The molecule has 0 saturated heterocycles. The lowest BCUT2D eigenvalue weighted by Gasteiger charge is -2.31. The van der Waals surface area contributed by atoms with Crippen molar-refractivity contribution in [3.8, 4) is 17.0 Å². The molecule has 0 fully saturated rings. The van der Waals surface area contributed by atoms with Crippen molar-refractivity contribution in [1.29, 1.82) is 0 Å². The molecule has 0 unspecified atom stereocenters. The molecule has 0 saturated carbocycles. The summed E-state index contributed by atoms with van der Waals surface area (Å²) in [6.45, 7) is 7.99. The van der Waals surface area contributed by atoms with Crippen LogP contribution in [0.4, 0.5) is 5.69 Å². The zero-order chi connectivity index (χ0) is 17.9. The van der Waals surface area contributed by atoms with Crippen molar-refractivity contribution in [2.75, 3.05) is 12.8 Å². The summed E-state index contributed by atoms with van der Waals surface area (Å²) in [6.07, 6.45) is 1.63. The van der Waals surface area contributed by atoms with Gasteiger partial charge in [0.05, 0.1) is 7.11 Å². The maximum Gasteiger partial charge on any atom is 0.260 e. The summed E-state index contributed by atoms with van der Waals surface area (Å²) in [4.78, 5) is 19.3. The van der Waals surface area contributed by atoms with Crippen LogP contribution >= 0.6 is 0 Å². The second kappa shape index (κ2) is 7.34. The van der Waals surface area contributed by atoms with Gasteiger partial charge in [0.1, 0.15) is 5.56 Å². The lowest BCUT2D eigenvalue weighted by Crippen LogP contribution is -2.42. The predicted octanol–water partition coefficient (Wildman–Crippen LogP) is 3.60. The van der Waals surface area contributed by atoms with Crippen molar-refractivity contribution in [3.63, 3.8) is 0 Å². The van der Waals surface area contributed by atoms with Crippen molar-refractivity contribution in [2.24, 2.45) is 0 Å². The number of pyridine rings is 1. The molecule has 5 heteroatoms. The third-order valence-electron chi connectivity index (χ3n) is 3.92. The van der Waals surface area contributed by atoms with E-state index >= 15 is 0 Å². The Labute approximate surface area is 143 Å². The van der Waals surface area contributed by atoms with Gasteiger partial charge >= 0.3 is 0 Å². The van der Waals surface area contributed by atoms with Gasteiger partial charge in [0, 0.05) is 35.1 Å². The number of aromatic nitrogens is 1. The highest BCUT2D eigenvalue weighted by Crippen LogP contribution is 2.34. The van der Waals surface area contributed by atoms with Gasteiger partial charge in [-0.25, -0.2) is 4.98 Å². The summed E-state index contributed by atoms with van der Waals surface area (Å²) in [5.74, 6) is 0.204. The Morgan fingerprint density at radius 2 is 1.71 bits per heavy atom. The van der Waals surface area contributed by atoms with Gasteiger partial charge in [-0.15, -0.1) is 0 Å². The first-order valence-corrected chi connectivity index (χ1v) is 8.09. The second-order valence-corrected chi connectivity index (χ2v) is 6.23. The largest absolute Gasteiger partial charge is 0.480 e. The minimum Gasteiger partial charge on any atom is -0.480 e. The van der Waals surface area contributed by atoms with Gasteiger partial charge in [0.2, 0.25) is 5.88 Å². The minimum atomic E-state index is -0.108. The molecule has 0 spiro atoms. The van der Waals surface area contributed by atoms with Crippen LogP contribution in [0.3, 0.4) is 0 Å². The highest BCUT2D eigenvalue weighted by Gasteiger charge is 2.28. The molecular weight excluding hydrogens is 302 g/mol. The van der Waals surface area contributed by atoms with E-state index in [0.29, 0.717) is 17.1 Å². The number of carbonyl (C=O) groups is 1. The summed E-state index contributed by atoms with van der Waals surface area (Å²) < 4.78 is 5.38. The Balaban J connectivity index is 2.68. The molecular formula is C19H25N3O2. The van der Waals surface area contributed by atoms with Gasteiger partial charge < -0.3 is 15.4 Å². The highest BCUT2D eigenvalue weighted by atomic mass is 16.5. The minimum absolute atomic E-state index is 0.0587. The molecule has 24 heavy (non-hydrogen) atoms. The summed E-state index contributed by atoms with van der Waals surface area (Å²) >= 11 is 0. The lowest BCUT2D eigenvalue weighted by atomic mass is 9.98. The number of hydrogen-bond acceptors (Lipinski definition) is 4. The summed E-state index contributed by atoms with van der Waals surface area (Å²) in [7, 11) is 1.52. The fourth-order valence-corrected chi connectivity index (χ4v) is 2.97. The number of para-hydroxylation sites is 1. The van der Waals surface area contributed by atoms with Crippen LogP contribution in [0.1, 0.15) is 38.1 Å². The number of nitrogens with zero attached hydrogens (tertiary/aromatic N) is 2. The van der Waals surface area contributed by atoms with Gasteiger partial charge in [-0.05, 0) is 39.8 Å². The molecule has 0 bridgehead atoms. The first kappa shape index (κ1) is 17.8. The van der Waals surface area contributed by atoms with Crippen LogP contribution in [0.2, 0.25) is 0 Å². The summed E-state index contributed by atoms with van der Waals surface area (Å²) in [6, 6.07) is 9.41. The fourth-order valence-electron chi connectivity index (χ4n) is 2.97. The number of carbonyl (C=O) groups excluding carboxylic acids is 1. The number of anilines is 1. The lowest BCUT2D eigenvalue weighted by molar-refractivity contribution is 0.0640. The molecule has 0 aliphatic heterocycles. The quantitative estimate of drug-likeness (QED) is 0.852. The molecule has 2 aromatic rings. The maximum atomic E-state index is 13.3. The Morgan fingerprint density at radius 1 is 1.08 bits per heavy atom. The van der Waals surface area contributed by atoms with Crippen molar-refractivity contribution >= 4 is 11.6 Å². The Hall–Kier alpha value is -2.56. The molecule has 2 N–H and O–H groups in total. The van der Waals surface area contributed by atoms with Crippen LogP contribution in [0.25, 0.3) is 11.1 Å². The molecule has 1 amide bonds. The molecule has 0 aliphatic carbocycles. The average molecular weight is 327 g/mol. The number of hydrogen-bond donors (Lipinski definition) is 1. The number of ether oxygens (including phenoxy) is 1. The number of benzene rings is 1. The van der Waals surface area contributed by atoms with E-state index in [0.717, 1.165) is 11.1 Å². The number of amides is 1. The van der Waals surface area contributed by atoms with E-state index in [4.69, 9.17) is 10.5 Å². The van der Waals surface area contributed by atoms with Crippen LogP contribution in [0.5, 0.6) is 5.88 Å². The van der Waals surface area contributed by atoms with Crippen LogP contribution in [0, 0.1) is 0 Å². The SMILES string of the molecule is COc1nccc(-c2ccccc2N)c1C(=O)N(C(C)C)C(C)C. The predicted molar refractivity (Wildman–Crippen MR) is 97.1 cm³/mol. The first-order chi connectivity index (χ1) is 11.4. The van der Waals surface area contributed by atoms with E-state index in [-0.39, 0.29) is 18.0 Å². The van der Waals surface area contributed by atoms with E-state index in [1.165, 1.54) is 7.11 Å². The van der Waals surface area contributed by atoms with E-state index in [9.17, 15) is 4.79 Å². The Bertz CT molecular complexity index is 718. The normalized spacial score (nSPS) is 11.0. The standard InChI is InChI=1S/C19H25N3O2/c1-12(2)22(13(3)4)19(23)17-15(10-11-21-18(17)24-5)14-8-6-7-9-16(14)20/h6-13H,20H2,1-5H3. The third-order valence-corrected chi connectivity index (χ3v) is 3.92. The molecule has 1 heterocycles. The number of rotatable bonds is 5. The van der Waals surface area contributed by atoms with Gasteiger partial charge in [-0.3, -0.25) is 4.79 Å². The van der Waals surface area contributed by atoms with Crippen LogP contribution < -0.4 is 10.5 Å². The van der Waals surface area contributed by atoms with Crippen molar-refractivity contribution in [2.45, 2.75) is 39.8 Å². The molecule has 1 aromatic heterocycles. The van der Waals surface area contributed by atoms with Crippen LogP contribution in [0.15, 0.2) is 36.5 Å². The first-order valence-electron chi connectivity index (χ1n) is 8.09. The van der Waals surface area contributed by atoms with E-state index in [1.807, 2.05) is 56.9 Å². The van der Waals surface area contributed by atoms with Crippen LogP contribution in [-0.2, 0) is 0 Å². The molecule has 1 aromatic carbocycles. The average Bonchev–Trinajstić information content (AvgIpc) is 2.53. The molecule has 0 aliphatic rings. The number of methoxy groups -OCH3 is 1. The zero-order valence-corrected chi connectivity index (χ0v) is 14.9. The number of nitrogen functional groups attached to an aromatic ring is 1. The van der Waals surface area contributed by atoms with Gasteiger partial charge in [0.25, 0.3) is 5.91 Å². The van der Waals surface area contributed by atoms with Crippen LogP contribution in [-0.4, -0.2) is 35.0 Å². The summed E-state index contributed by atoms with van der Waals surface area (Å²) in [5.41, 5.74) is 8.71. The molecule has 128 valence electrons. The Kier molecular flexibility index (Phi) is 5.44. The van der Waals surface area contributed by atoms with Gasteiger partial charge in [-0.2, -0.15) is 0 Å². The van der Waals surface area contributed by atoms with E-state index < -0.39 is 0 Å². The molecule has 0 radical (unpaired) electrons. The summed E-state index contributed by atoms with van der Waals surface area (Å²) in [5, 5.41) is 0. The maximum absolute atomic E-state index is 13.3. The zero-order valence-electron chi connectivity index (χ0n) is 14.9. The fraction of sp³-hybridized carbons (Fsp3) is 0.368. The highest BCUT2D eigenvalue weighted by molar-refractivity contribution is 6.04. The van der Waals surface area contributed by atoms with Gasteiger partial charge in [-0.1, -0.05) is 18.2 Å². The third kappa shape index (κ3) is 3.35. The molecule has 0 atom stereocenters. The van der Waals surface area contributed by atoms with Crippen molar-refractivity contribution in [1.82, 2.24) is 9.88 Å². The monoisotopic (exact) mass is 327 g/mol. The second-order valence-electron chi connectivity index (χ2n) is 6.23. The Morgan fingerprint density at radius 3 is 2.25 bits per heavy atom. The number of nitrogens with two attached hydrogens (primary N) is 1. The van der Waals surface area contributed by atoms with E-state index in [1.54, 1.807) is 12.3 Å². The molecule has 2 rings (SSSR count). The topological polar surface area (TPSA) is 68.5 Å². The van der Waals surface area contributed by atoms with Gasteiger partial charge in [0.15, 0.2) is 0 Å². The molecule has 5 nitrogen and oxygen atoms in total. The smallest absolute Gasteiger partial charge is 0.260 e.